The Morgan fingerprint density at radius 3 is 1.82 bits per heavy atom. The van der Waals surface area contributed by atoms with E-state index < -0.39 is 27.6 Å². The molecule has 0 aliphatic carbocycles. The van der Waals surface area contributed by atoms with Gasteiger partial charge in [-0.05, 0) is 26.2 Å². The van der Waals surface area contributed by atoms with Crippen LogP contribution < -0.4 is 4.72 Å². The molecule has 0 spiro atoms. The molecule has 0 saturated carbocycles. The molecule has 3 atom stereocenters. The molecular weight excluding hydrogens is 238 g/mol. The van der Waals surface area contributed by atoms with E-state index in [1.165, 1.54) is 0 Å². The molecule has 0 aliphatic heterocycles. The molecule has 0 amide bonds. The number of aliphatic carboxylic acids is 1. The number of carbonyl (C=O) groups is 1. The van der Waals surface area contributed by atoms with Crippen LogP contribution in [-0.2, 0) is 15.8 Å². The lowest BCUT2D eigenvalue weighted by Gasteiger charge is -2.35. The smallest absolute Gasteiger partial charge is 0.307 e. The van der Waals surface area contributed by atoms with E-state index in [0.29, 0.717) is 0 Å². The maximum Gasteiger partial charge on any atom is 0.307 e. The van der Waals surface area contributed by atoms with Gasteiger partial charge in [0.15, 0.2) is 0 Å². The Balaban J connectivity index is 4.99. The second kappa shape index (κ2) is 5.48. The van der Waals surface area contributed by atoms with Gasteiger partial charge in [0.25, 0.3) is 0 Å². The molecule has 0 rings (SSSR count). The predicted octanol–water partition coefficient (Wildman–Crippen LogP) is 2.17. The summed E-state index contributed by atoms with van der Waals surface area (Å²) in [7, 11) is -1.26. The summed E-state index contributed by atoms with van der Waals surface area (Å²) in [5.74, 6) is -1.45. The van der Waals surface area contributed by atoms with Crippen LogP contribution in [-0.4, -0.2) is 26.1 Å². The van der Waals surface area contributed by atoms with E-state index in [-0.39, 0.29) is 11.5 Å². The third kappa shape index (κ3) is 5.17. The van der Waals surface area contributed by atoms with E-state index in [4.69, 9.17) is 5.11 Å². The molecule has 17 heavy (non-hydrogen) atoms. The number of nitrogens with one attached hydrogen (secondary N) is 1. The Bertz CT molecular complexity index is 302. The van der Waals surface area contributed by atoms with Gasteiger partial charge in [-0.25, -0.2) is 8.93 Å². The van der Waals surface area contributed by atoms with Crippen molar-refractivity contribution >= 4 is 17.0 Å². The lowest BCUT2D eigenvalue weighted by molar-refractivity contribution is -0.142. The van der Waals surface area contributed by atoms with Crippen molar-refractivity contribution in [2.45, 2.75) is 59.3 Å². The van der Waals surface area contributed by atoms with Crippen LogP contribution in [0.5, 0.6) is 0 Å². The quantitative estimate of drug-likeness (QED) is 0.817. The van der Waals surface area contributed by atoms with Crippen LogP contribution in [0, 0.1) is 11.3 Å². The highest BCUT2D eigenvalue weighted by Crippen LogP contribution is 2.27. The van der Waals surface area contributed by atoms with Gasteiger partial charge in [-0.15, -0.1) is 0 Å². The highest BCUT2D eigenvalue weighted by atomic mass is 32.2. The van der Waals surface area contributed by atoms with Crippen molar-refractivity contribution in [3.8, 4) is 0 Å². The van der Waals surface area contributed by atoms with Crippen LogP contribution in [0.3, 0.4) is 0 Å². The van der Waals surface area contributed by atoms with Gasteiger partial charge in [-0.1, -0.05) is 27.7 Å². The highest BCUT2D eigenvalue weighted by Gasteiger charge is 2.36. The highest BCUT2D eigenvalue weighted by molar-refractivity contribution is 7.84. The van der Waals surface area contributed by atoms with Gasteiger partial charge in [-0.2, -0.15) is 0 Å². The first kappa shape index (κ1) is 16.6. The minimum absolute atomic E-state index is 0.265. The van der Waals surface area contributed by atoms with Crippen LogP contribution in [0.4, 0.5) is 0 Å². The van der Waals surface area contributed by atoms with E-state index in [0.717, 1.165) is 0 Å². The summed E-state index contributed by atoms with van der Waals surface area (Å²) in [6.07, 6.45) is 0. The van der Waals surface area contributed by atoms with E-state index in [9.17, 15) is 9.00 Å². The zero-order chi connectivity index (χ0) is 14.0. The Morgan fingerprint density at radius 2 is 1.59 bits per heavy atom. The summed E-state index contributed by atoms with van der Waals surface area (Å²) in [4.78, 5) is 11.1. The SMILES string of the molecule is C[C@H](C(=O)O)[C@H](NS(=O)C(C)(C)C)C(C)(C)C. The summed E-state index contributed by atoms with van der Waals surface area (Å²) < 4.78 is 14.6. The average molecular weight is 263 g/mol. The molecule has 0 aliphatic rings. The molecule has 0 aromatic rings. The summed E-state index contributed by atoms with van der Waals surface area (Å²) in [5, 5.41) is 9.09. The second-order valence-electron chi connectivity index (χ2n) is 6.47. The van der Waals surface area contributed by atoms with Gasteiger partial charge >= 0.3 is 5.97 Å². The Hall–Kier alpha value is -0.420. The average Bonchev–Trinajstić information content (AvgIpc) is 2.08. The van der Waals surface area contributed by atoms with Crippen LogP contribution in [0.25, 0.3) is 0 Å². The standard InChI is InChI=1S/C12H25NO3S/c1-8(10(14)15)9(11(2,3)4)13-17(16)12(5,6)7/h8-9,13H,1-7H3,(H,14,15)/t8-,9-,17?/m0/s1. The van der Waals surface area contributed by atoms with Crippen molar-refractivity contribution in [2.75, 3.05) is 0 Å². The molecule has 0 aromatic heterocycles. The molecule has 0 radical (unpaired) electrons. The lowest BCUT2D eigenvalue weighted by Crippen LogP contribution is -2.51. The van der Waals surface area contributed by atoms with E-state index in [1.54, 1.807) is 6.92 Å². The number of hydrogen-bond acceptors (Lipinski definition) is 2. The summed E-state index contributed by atoms with van der Waals surface area (Å²) in [6, 6.07) is -0.333. The van der Waals surface area contributed by atoms with Crippen molar-refractivity contribution in [2.24, 2.45) is 11.3 Å². The number of carboxylic acids is 1. The van der Waals surface area contributed by atoms with Gasteiger partial charge in [0.1, 0.15) is 0 Å². The fraction of sp³-hybridized carbons (Fsp3) is 0.917. The molecule has 0 bridgehead atoms. The van der Waals surface area contributed by atoms with Gasteiger partial charge in [0.05, 0.1) is 21.7 Å². The summed E-state index contributed by atoms with van der Waals surface area (Å²) in [6.45, 7) is 13.1. The maximum absolute atomic E-state index is 12.1. The molecule has 5 heteroatoms. The topological polar surface area (TPSA) is 66.4 Å². The molecule has 2 N–H and O–H groups in total. The molecule has 1 unspecified atom stereocenters. The minimum atomic E-state index is -1.26. The predicted molar refractivity (Wildman–Crippen MR) is 71.1 cm³/mol. The first-order valence-electron chi connectivity index (χ1n) is 5.78. The van der Waals surface area contributed by atoms with Crippen LogP contribution in [0.15, 0.2) is 0 Å². The van der Waals surface area contributed by atoms with Crippen molar-refractivity contribution in [3.63, 3.8) is 0 Å². The normalized spacial score (nSPS) is 18.5. The second-order valence-corrected chi connectivity index (χ2v) is 8.47. The van der Waals surface area contributed by atoms with Crippen LogP contribution in [0.1, 0.15) is 48.5 Å². The zero-order valence-corrected chi connectivity index (χ0v) is 12.6. The zero-order valence-electron chi connectivity index (χ0n) is 11.8. The number of rotatable bonds is 4. The molecule has 0 fully saturated rings. The lowest BCUT2D eigenvalue weighted by atomic mass is 9.80. The largest absolute Gasteiger partial charge is 0.481 e. The monoisotopic (exact) mass is 263 g/mol. The van der Waals surface area contributed by atoms with Crippen molar-refractivity contribution in [1.29, 1.82) is 0 Å². The molecule has 4 nitrogen and oxygen atoms in total. The molecule has 102 valence electrons. The Labute approximate surface area is 107 Å². The van der Waals surface area contributed by atoms with Crippen molar-refractivity contribution in [1.82, 2.24) is 4.72 Å². The number of hydrogen-bond donors (Lipinski definition) is 2. The Kier molecular flexibility index (Phi) is 5.35. The fourth-order valence-electron chi connectivity index (χ4n) is 1.46. The van der Waals surface area contributed by atoms with Crippen LogP contribution >= 0.6 is 0 Å². The first-order chi connectivity index (χ1) is 7.37. The van der Waals surface area contributed by atoms with Crippen LogP contribution in [0.2, 0.25) is 0 Å². The Morgan fingerprint density at radius 1 is 1.18 bits per heavy atom. The summed E-state index contributed by atoms with van der Waals surface area (Å²) in [5.41, 5.74) is -0.265. The minimum Gasteiger partial charge on any atom is -0.481 e. The fourth-order valence-corrected chi connectivity index (χ4v) is 2.61. The maximum atomic E-state index is 12.1. The molecular formula is C12H25NO3S. The summed E-state index contributed by atoms with van der Waals surface area (Å²) >= 11 is 0. The molecule has 0 heterocycles. The first-order valence-corrected chi connectivity index (χ1v) is 6.93. The van der Waals surface area contributed by atoms with Gasteiger partial charge in [0, 0.05) is 6.04 Å². The van der Waals surface area contributed by atoms with Crippen molar-refractivity contribution < 1.29 is 14.1 Å². The number of carboxylic acid groups (broad SMARTS) is 1. The van der Waals surface area contributed by atoms with E-state index in [2.05, 4.69) is 4.72 Å². The third-order valence-electron chi connectivity index (χ3n) is 2.61. The van der Waals surface area contributed by atoms with Gasteiger partial charge < -0.3 is 5.11 Å². The molecule has 0 aromatic carbocycles. The molecule has 0 saturated heterocycles. The van der Waals surface area contributed by atoms with Gasteiger partial charge in [0.2, 0.25) is 0 Å². The third-order valence-corrected chi connectivity index (χ3v) is 4.19. The van der Waals surface area contributed by atoms with E-state index in [1.807, 2.05) is 41.5 Å². The van der Waals surface area contributed by atoms with Crippen molar-refractivity contribution in [3.05, 3.63) is 0 Å². The van der Waals surface area contributed by atoms with E-state index >= 15 is 0 Å². The van der Waals surface area contributed by atoms with Gasteiger partial charge in [-0.3, -0.25) is 4.79 Å².